The molecular weight excluding hydrogens is 401 g/mol. The molecule has 0 spiro atoms. The number of rotatable bonds is 6. The van der Waals surface area contributed by atoms with Gasteiger partial charge in [0.15, 0.2) is 0 Å². The number of aromatic nitrogens is 3. The number of pyridine rings is 1. The standard InChI is InChI=1S/C22H18FN5O3/c23-16-4-1-14(2-5-16)10-24-22(31)15-3-8-21(30)28(11-15)12-20(29)27-17-6-7-18-19(9-17)26-13-25-18/h1-9,11,13H,10,12H2,(H,24,31)(H,25,26)(H,27,29). The number of halogens is 1. The van der Waals surface area contributed by atoms with E-state index in [1.54, 1.807) is 36.7 Å². The Morgan fingerprint density at radius 2 is 1.87 bits per heavy atom. The zero-order valence-corrected chi connectivity index (χ0v) is 16.3. The highest BCUT2D eigenvalue weighted by Gasteiger charge is 2.11. The number of fused-ring (bicyclic) bond motifs is 1. The van der Waals surface area contributed by atoms with Crippen LogP contribution in [0.2, 0.25) is 0 Å². The average Bonchev–Trinajstić information content (AvgIpc) is 3.22. The van der Waals surface area contributed by atoms with Crippen molar-refractivity contribution in [2.75, 3.05) is 5.32 Å². The van der Waals surface area contributed by atoms with Crippen LogP contribution >= 0.6 is 0 Å². The maximum atomic E-state index is 13.0. The number of carbonyl (C=O) groups excluding carboxylic acids is 2. The summed E-state index contributed by atoms with van der Waals surface area (Å²) >= 11 is 0. The van der Waals surface area contributed by atoms with Crippen molar-refractivity contribution in [3.63, 3.8) is 0 Å². The molecule has 3 N–H and O–H groups in total. The molecule has 4 aromatic rings. The van der Waals surface area contributed by atoms with Gasteiger partial charge in [0.05, 0.1) is 22.9 Å². The van der Waals surface area contributed by atoms with Gasteiger partial charge in [-0.1, -0.05) is 12.1 Å². The van der Waals surface area contributed by atoms with Crippen molar-refractivity contribution in [3.8, 4) is 0 Å². The molecule has 4 rings (SSSR count). The molecule has 0 radical (unpaired) electrons. The number of nitrogens with one attached hydrogen (secondary N) is 3. The highest BCUT2D eigenvalue weighted by atomic mass is 19.1. The molecular formula is C22H18FN5O3. The van der Waals surface area contributed by atoms with E-state index in [-0.39, 0.29) is 24.5 Å². The number of benzene rings is 2. The molecule has 31 heavy (non-hydrogen) atoms. The number of hydrogen-bond donors (Lipinski definition) is 3. The molecule has 0 aliphatic rings. The molecule has 0 fully saturated rings. The normalized spacial score (nSPS) is 10.7. The van der Waals surface area contributed by atoms with Crippen molar-refractivity contribution < 1.29 is 14.0 Å². The monoisotopic (exact) mass is 419 g/mol. The van der Waals surface area contributed by atoms with Gasteiger partial charge in [-0.25, -0.2) is 9.37 Å². The Balaban J connectivity index is 1.41. The van der Waals surface area contributed by atoms with Crippen molar-refractivity contribution in [3.05, 3.63) is 94.4 Å². The van der Waals surface area contributed by atoms with E-state index in [2.05, 4.69) is 20.6 Å². The van der Waals surface area contributed by atoms with Crippen LogP contribution < -0.4 is 16.2 Å². The van der Waals surface area contributed by atoms with E-state index in [4.69, 9.17) is 0 Å². The Morgan fingerprint density at radius 1 is 1.06 bits per heavy atom. The molecule has 0 saturated heterocycles. The van der Waals surface area contributed by atoms with Crippen LogP contribution in [0.15, 0.2) is 71.9 Å². The minimum atomic E-state index is -0.414. The highest BCUT2D eigenvalue weighted by molar-refractivity contribution is 5.94. The van der Waals surface area contributed by atoms with Crippen LogP contribution in [-0.4, -0.2) is 26.3 Å². The van der Waals surface area contributed by atoms with E-state index in [9.17, 15) is 18.8 Å². The van der Waals surface area contributed by atoms with Crippen LogP contribution in [0, 0.1) is 5.82 Å². The maximum Gasteiger partial charge on any atom is 0.253 e. The van der Waals surface area contributed by atoms with E-state index >= 15 is 0 Å². The SMILES string of the molecule is O=C(Cn1cc(C(=O)NCc2ccc(F)cc2)ccc1=O)Nc1ccc2nc[nH]c2c1. The third-order valence-corrected chi connectivity index (χ3v) is 4.63. The van der Waals surface area contributed by atoms with Gasteiger partial charge < -0.3 is 20.2 Å². The summed E-state index contributed by atoms with van der Waals surface area (Å²) in [5.74, 6) is -1.18. The lowest BCUT2D eigenvalue weighted by Crippen LogP contribution is -2.29. The lowest BCUT2D eigenvalue weighted by molar-refractivity contribution is -0.116. The molecule has 2 amide bonds. The summed E-state index contributed by atoms with van der Waals surface area (Å²) < 4.78 is 14.1. The van der Waals surface area contributed by atoms with Gasteiger partial charge in [-0.2, -0.15) is 0 Å². The third-order valence-electron chi connectivity index (χ3n) is 4.63. The van der Waals surface area contributed by atoms with Crippen LogP contribution in [0.1, 0.15) is 15.9 Å². The second-order valence-corrected chi connectivity index (χ2v) is 6.88. The number of imidazole rings is 1. The second-order valence-electron chi connectivity index (χ2n) is 6.88. The topological polar surface area (TPSA) is 109 Å². The lowest BCUT2D eigenvalue weighted by Gasteiger charge is -2.10. The third kappa shape index (κ3) is 4.84. The predicted octanol–water partition coefficient (Wildman–Crippen LogP) is 2.43. The van der Waals surface area contributed by atoms with E-state index in [0.29, 0.717) is 5.69 Å². The number of carbonyl (C=O) groups is 2. The van der Waals surface area contributed by atoms with Crippen molar-refractivity contribution in [1.82, 2.24) is 19.9 Å². The fourth-order valence-electron chi connectivity index (χ4n) is 3.04. The number of amides is 2. The minimum absolute atomic E-state index is 0.203. The number of anilines is 1. The minimum Gasteiger partial charge on any atom is -0.348 e. The Kier molecular flexibility index (Phi) is 5.57. The first-order chi connectivity index (χ1) is 15.0. The van der Waals surface area contributed by atoms with Crippen molar-refractivity contribution in [2.24, 2.45) is 0 Å². The number of hydrogen-bond acceptors (Lipinski definition) is 4. The van der Waals surface area contributed by atoms with Gasteiger partial charge in [0, 0.05) is 24.5 Å². The number of aromatic amines is 1. The fourth-order valence-corrected chi connectivity index (χ4v) is 3.04. The average molecular weight is 419 g/mol. The molecule has 0 atom stereocenters. The van der Waals surface area contributed by atoms with Crippen LogP contribution in [-0.2, 0) is 17.9 Å². The van der Waals surface area contributed by atoms with Gasteiger partial charge in [-0.05, 0) is 42.0 Å². The summed E-state index contributed by atoms with van der Waals surface area (Å²) in [5.41, 5.74) is 2.66. The van der Waals surface area contributed by atoms with E-state index in [1.807, 2.05) is 0 Å². The van der Waals surface area contributed by atoms with Gasteiger partial charge in [0.25, 0.3) is 11.5 Å². The van der Waals surface area contributed by atoms with Crippen molar-refractivity contribution in [1.29, 1.82) is 0 Å². The molecule has 0 saturated carbocycles. The molecule has 0 bridgehead atoms. The molecule has 2 aromatic carbocycles. The zero-order valence-electron chi connectivity index (χ0n) is 16.3. The second kappa shape index (κ2) is 8.62. The largest absolute Gasteiger partial charge is 0.348 e. The molecule has 156 valence electrons. The molecule has 8 nitrogen and oxygen atoms in total. The molecule has 0 unspecified atom stereocenters. The summed E-state index contributed by atoms with van der Waals surface area (Å²) in [4.78, 5) is 44.0. The van der Waals surface area contributed by atoms with Crippen LogP contribution in [0.25, 0.3) is 11.0 Å². The fraction of sp³-hybridized carbons (Fsp3) is 0.0909. The summed E-state index contributed by atoms with van der Waals surface area (Å²) in [5, 5.41) is 5.42. The predicted molar refractivity (Wildman–Crippen MR) is 113 cm³/mol. The molecule has 2 aromatic heterocycles. The quantitative estimate of drug-likeness (QED) is 0.446. The van der Waals surface area contributed by atoms with Gasteiger partial charge in [-0.3, -0.25) is 14.4 Å². The molecule has 0 aliphatic carbocycles. The van der Waals surface area contributed by atoms with Crippen LogP contribution in [0.3, 0.4) is 0 Å². The first-order valence-electron chi connectivity index (χ1n) is 9.44. The van der Waals surface area contributed by atoms with E-state index in [1.165, 1.54) is 30.5 Å². The number of H-pyrrole nitrogens is 1. The summed E-state index contributed by atoms with van der Waals surface area (Å²) in [6.45, 7) is -0.0479. The maximum absolute atomic E-state index is 13.0. The van der Waals surface area contributed by atoms with E-state index in [0.717, 1.165) is 21.2 Å². The van der Waals surface area contributed by atoms with Crippen LogP contribution in [0.5, 0.6) is 0 Å². The smallest absolute Gasteiger partial charge is 0.253 e. The lowest BCUT2D eigenvalue weighted by atomic mass is 10.2. The Morgan fingerprint density at radius 3 is 2.68 bits per heavy atom. The van der Waals surface area contributed by atoms with Gasteiger partial charge in [0.2, 0.25) is 5.91 Å². The van der Waals surface area contributed by atoms with Gasteiger partial charge in [0.1, 0.15) is 12.4 Å². The van der Waals surface area contributed by atoms with Gasteiger partial charge >= 0.3 is 0 Å². The van der Waals surface area contributed by atoms with Crippen molar-refractivity contribution >= 4 is 28.5 Å². The Bertz CT molecular complexity index is 1310. The van der Waals surface area contributed by atoms with Crippen LogP contribution in [0.4, 0.5) is 10.1 Å². The highest BCUT2D eigenvalue weighted by Crippen LogP contribution is 2.15. The first kappa shape index (κ1) is 20.0. The van der Waals surface area contributed by atoms with Crippen molar-refractivity contribution in [2.45, 2.75) is 13.1 Å². The Hall–Kier alpha value is -4.27. The summed E-state index contributed by atoms with van der Waals surface area (Å²) in [6.07, 6.45) is 2.89. The number of nitrogens with zero attached hydrogens (tertiary/aromatic N) is 2. The molecule has 9 heteroatoms. The van der Waals surface area contributed by atoms with Gasteiger partial charge in [-0.15, -0.1) is 0 Å². The zero-order chi connectivity index (χ0) is 21.8. The molecule has 2 heterocycles. The first-order valence-corrected chi connectivity index (χ1v) is 9.44. The molecule has 0 aliphatic heterocycles. The Labute approximate surface area is 175 Å². The summed E-state index contributed by atoms with van der Waals surface area (Å²) in [7, 11) is 0. The van der Waals surface area contributed by atoms with E-state index < -0.39 is 17.4 Å². The summed E-state index contributed by atoms with van der Waals surface area (Å²) in [6, 6.07) is 13.6.